The first-order valence-corrected chi connectivity index (χ1v) is 6.67. The lowest BCUT2D eigenvalue weighted by molar-refractivity contribution is -0.384. The van der Waals surface area contributed by atoms with Crippen LogP contribution in [0.2, 0.25) is 0 Å². The minimum absolute atomic E-state index is 0.0803. The highest BCUT2D eigenvalue weighted by atomic mass is 79.9. The van der Waals surface area contributed by atoms with Crippen LogP contribution in [0.15, 0.2) is 12.1 Å². The number of nitro groups is 1. The maximum Gasteiger partial charge on any atom is 0.296 e. The molecular weight excluding hydrogens is 332 g/mol. The molecule has 0 aliphatic carbocycles. The number of hydrogen-bond acceptors (Lipinski definition) is 5. The number of nitrogens with one attached hydrogen (secondary N) is 1. The Hall–Kier alpha value is -1.83. The van der Waals surface area contributed by atoms with Gasteiger partial charge in [0.1, 0.15) is 18.9 Å². The molecule has 0 atom stereocenters. The number of fused-ring (bicyclic) bond motifs is 1. The van der Waals surface area contributed by atoms with Crippen molar-refractivity contribution in [3.05, 3.63) is 22.2 Å². The second kappa shape index (κ2) is 5.28. The first kappa shape index (κ1) is 14.6. The fourth-order valence-electron chi connectivity index (χ4n) is 1.60. The minimum atomic E-state index is -0.839. The maximum absolute atomic E-state index is 11.9. The summed E-state index contributed by atoms with van der Waals surface area (Å²) in [4.78, 5) is 22.4. The van der Waals surface area contributed by atoms with Gasteiger partial charge in [0, 0.05) is 6.07 Å². The third-order valence-electron chi connectivity index (χ3n) is 2.65. The molecule has 1 heterocycles. The molecule has 1 aromatic rings. The van der Waals surface area contributed by atoms with Gasteiger partial charge in [-0.25, -0.2) is 0 Å². The molecule has 20 heavy (non-hydrogen) atoms. The zero-order valence-corrected chi connectivity index (χ0v) is 12.5. The van der Waals surface area contributed by atoms with Gasteiger partial charge in [-0.05, 0) is 13.8 Å². The van der Waals surface area contributed by atoms with Crippen molar-refractivity contribution in [3.63, 3.8) is 0 Å². The molecular formula is C12H13BrN2O5. The molecule has 108 valence electrons. The van der Waals surface area contributed by atoms with Crippen molar-refractivity contribution in [1.29, 1.82) is 0 Å². The standard InChI is InChI=1S/C12H13BrN2O5/c1-12(2,13)11(16)14-7-5-9-10(20-4-3-19-9)6-8(7)15(17)18/h5-6H,3-4H2,1-2H3,(H,14,16). The zero-order valence-electron chi connectivity index (χ0n) is 10.9. The average molecular weight is 345 g/mol. The molecule has 2 rings (SSSR count). The lowest BCUT2D eigenvalue weighted by Gasteiger charge is -2.20. The van der Waals surface area contributed by atoms with Gasteiger partial charge in [0.15, 0.2) is 11.5 Å². The van der Waals surface area contributed by atoms with Gasteiger partial charge in [-0.15, -0.1) is 0 Å². The molecule has 1 aliphatic rings. The monoisotopic (exact) mass is 344 g/mol. The molecule has 1 aliphatic heterocycles. The van der Waals surface area contributed by atoms with E-state index in [1.54, 1.807) is 13.8 Å². The van der Waals surface area contributed by atoms with E-state index in [1.807, 2.05) is 0 Å². The summed E-state index contributed by atoms with van der Waals surface area (Å²) in [5, 5.41) is 13.6. The number of anilines is 1. The first-order valence-electron chi connectivity index (χ1n) is 5.87. The maximum atomic E-state index is 11.9. The van der Waals surface area contributed by atoms with Gasteiger partial charge in [-0.3, -0.25) is 14.9 Å². The van der Waals surface area contributed by atoms with Gasteiger partial charge < -0.3 is 14.8 Å². The molecule has 0 spiro atoms. The first-order chi connectivity index (χ1) is 9.29. The Morgan fingerprint density at radius 2 is 1.90 bits per heavy atom. The Kier molecular flexibility index (Phi) is 3.85. The second-order valence-electron chi connectivity index (χ2n) is 4.70. The van der Waals surface area contributed by atoms with Crippen LogP contribution in [-0.2, 0) is 4.79 Å². The van der Waals surface area contributed by atoms with Crippen LogP contribution < -0.4 is 14.8 Å². The van der Waals surface area contributed by atoms with Crippen molar-refractivity contribution >= 4 is 33.2 Å². The van der Waals surface area contributed by atoms with E-state index in [0.29, 0.717) is 24.7 Å². The fourth-order valence-corrected chi connectivity index (χ4v) is 1.70. The van der Waals surface area contributed by atoms with E-state index in [9.17, 15) is 14.9 Å². The van der Waals surface area contributed by atoms with E-state index in [1.165, 1.54) is 12.1 Å². The van der Waals surface area contributed by atoms with E-state index in [4.69, 9.17) is 9.47 Å². The Morgan fingerprint density at radius 1 is 1.35 bits per heavy atom. The molecule has 1 aromatic carbocycles. The van der Waals surface area contributed by atoms with Crippen molar-refractivity contribution in [2.24, 2.45) is 0 Å². The quantitative estimate of drug-likeness (QED) is 0.516. The van der Waals surface area contributed by atoms with Crippen LogP contribution in [0.3, 0.4) is 0 Å². The SMILES string of the molecule is CC(C)(Br)C(=O)Nc1cc2c(cc1[N+](=O)[O-])OCCO2. The number of amides is 1. The summed E-state index contributed by atoms with van der Waals surface area (Å²) >= 11 is 3.20. The number of ether oxygens (including phenoxy) is 2. The molecule has 7 nitrogen and oxygen atoms in total. The lowest BCUT2D eigenvalue weighted by atomic mass is 10.1. The van der Waals surface area contributed by atoms with Gasteiger partial charge in [-0.1, -0.05) is 15.9 Å². The molecule has 0 radical (unpaired) electrons. The second-order valence-corrected chi connectivity index (χ2v) is 6.68. The predicted octanol–water partition coefficient (Wildman–Crippen LogP) is 2.48. The summed E-state index contributed by atoms with van der Waals surface area (Å²) < 4.78 is 9.81. The van der Waals surface area contributed by atoms with Crippen LogP contribution in [0.1, 0.15) is 13.8 Å². The summed E-state index contributed by atoms with van der Waals surface area (Å²) in [5.41, 5.74) is -0.156. The number of nitrogens with zero attached hydrogens (tertiary/aromatic N) is 1. The zero-order chi connectivity index (χ0) is 14.9. The smallest absolute Gasteiger partial charge is 0.296 e. The van der Waals surface area contributed by atoms with Gasteiger partial charge in [0.2, 0.25) is 5.91 Å². The van der Waals surface area contributed by atoms with Crippen LogP contribution in [-0.4, -0.2) is 28.4 Å². The number of alkyl halides is 1. The summed E-state index contributed by atoms with van der Waals surface area (Å²) in [6.07, 6.45) is 0. The molecule has 0 saturated carbocycles. The summed E-state index contributed by atoms with van der Waals surface area (Å²) in [5.74, 6) is 0.292. The topological polar surface area (TPSA) is 90.7 Å². The molecule has 1 amide bonds. The molecule has 0 saturated heterocycles. The summed E-state index contributed by atoms with van der Waals surface area (Å²) in [6, 6.07) is 2.66. The number of hydrogen-bond donors (Lipinski definition) is 1. The van der Waals surface area contributed by atoms with Gasteiger partial charge in [-0.2, -0.15) is 0 Å². The van der Waals surface area contributed by atoms with Crippen molar-refractivity contribution in [2.45, 2.75) is 18.2 Å². The Labute approximate surface area is 123 Å². The third-order valence-corrected chi connectivity index (χ3v) is 3.01. The predicted molar refractivity (Wildman–Crippen MR) is 75.7 cm³/mol. The Morgan fingerprint density at radius 3 is 2.40 bits per heavy atom. The van der Waals surface area contributed by atoms with E-state index in [-0.39, 0.29) is 11.4 Å². The van der Waals surface area contributed by atoms with E-state index in [2.05, 4.69) is 21.2 Å². The van der Waals surface area contributed by atoms with Crippen molar-refractivity contribution in [1.82, 2.24) is 0 Å². The van der Waals surface area contributed by atoms with Crippen LogP contribution in [0.25, 0.3) is 0 Å². The van der Waals surface area contributed by atoms with Crippen LogP contribution in [0.5, 0.6) is 11.5 Å². The lowest BCUT2D eigenvalue weighted by Crippen LogP contribution is -2.31. The number of halogens is 1. The highest BCUT2D eigenvalue weighted by Crippen LogP contribution is 2.39. The third kappa shape index (κ3) is 3.01. The number of benzene rings is 1. The highest BCUT2D eigenvalue weighted by Gasteiger charge is 2.28. The Bertz CT molecular complexity index is 568. The summed E-state index contributed by atoms with van der Waals surface area (Å²) in [6.45, 7) is 3.99. The molecule has 0 bridgehead atoms. The normalized spacial score (nSPS) is 13.8. The highest BCUT2D eigenvalue weighted by molar-refractivity contribution is 9.10. The molecule has 8 heteroatoms. The fraction of sp³-hybridized carbons (Fsp3) is 0.417. The molecule has 0 unspecified atom stereocenters. The van der Waals surface area contributed by atoms with E-state index in [0.717, 1.165) is 0 Å². The number of carbonyl (C=O) groups excluding carboxylic acids is 1. The van der Waals surface area contributed by atoms with E-state index < -0.39 is 15.2 Å². The molecule has 0 fully saturated rings. The average Bonchev–Trinajstić information content (AvgIpc) is 2.36. The minimum Gasteiger partial charge on any atom is -0.486 e. The summed E-state index contributed by atoms with van der Waals surface area (Å²) in [7, 11) is 0. The van der Waals surface area contributed by atoms with E-state index >= 15 is 0 Å². The van der Waals surface area contributed by atoms with Gasteiger partial charge in [0.25, 0.3) is 5.69 Å². The van der Waals surface area contributed by atoms with Crippen molar-refractivity contribution in [3.8, 4) is 11.5 Å². The van der Waals surface area contributed by atoms with Gasteiger partial charge >= 0.3 is 0 Å². The van der Waals surface area contributed by atoms with Crippen LogP contribution >= 0.6 is 15.9 Å². The Balaban J connectivity index is 2.40. The van der Waals surface area contributed by atoms with Crippen LogP contribution in [0, 0.1) is 10.1 Å². The molecule has 0 aromatic heterocycles. The number of carbonyl (C=O) groups is 1. The van der Waals surface area contributed by atoms with Crippen LogP contribution in [0.4, 0.5) is 11.4 Å². The number of nitro benzene ring substituents is 1. The largest absolute Gasteiger partial charge is 0.486 e. The van der Waals surface area contributed by atoms with Crippen molar-refractivity contribution in [2.75, 3.05) is 18.5 Å². The number of rotatable bonds is 3. The van der Waals surface area contributed by atoms with Crippen molar-refractivity contribution < 1.29 is 19.2 Å². The molecule has 1 N–H and O–H groups in total. The van der Waals surface area contributed by atoms with Gasteiger partial charge in [0.05, 0.1) is 15.3 Å².